The van der Waals surface area contributed by atoms with Crippen LogP contribution in [0.2, 0.25) is 0 Å². The molecule has 0 bridgehead atoms. The molecule has 456 valence electrons. The molecule has 0 saturated heterocycles. The van der Waals surface area contributed by atoms with Crippen molar-refractivity contribution in [3.8, 4) is 0 Å². The zero-order valence-electron chi connectivity index (χ0n) is 47.5. The van der Waals surface area contributed by atoms with Gasteiger partial charge in [-0.15, -0.1) is 0 Å². The molecule has 3 rings (SSSR count). The van der Waals surface area contributed by atoms with Gasteiger partial charge in [-0.05, 0) is 64.7 Å². The van der Waals surface area contributed by atoms with E-state index in [1.807, 2.05) is 6.92 Å². The Morgan fingerprint density at radius 3 is 1.90 bits per heavy atom. The summed E-state index contributed by atoms with van der Waals surface area (Å²) in [6.07, 6.45) is 8.72. The minimum Gasteiger partial charge on any atom is -0.480 e. The van der Waals surface area contributed by atoms with Crippen molar-refractivity contribution in [1.29, 1.82) is 0 Å². The van der Waals surface area contributed by atoms with E-state index in [-0.39, 0.29) is 56.8 Å². The fraction of sp³-hybridized carbons (Fsp3) is 0.731. The number of hydrogen-bond acceptors (Lipinski definition) is 16. The number of carboxylic acids is 1. The molecule has 29 nitrogen and oxygen atoms in total. The number of carbonyl (C=O) groups is 10. The summed E-state index contributed by atoms with van der Waals surface area (Å²) >= 11 is 0. The average Bonchev–Trinajstić information content (AvgIpc) is 3.95. The van der Waals surface area contributed by atoms with E-state index in [0.29, 0.717) is 31.4 Å². The fourth-order valence-electron chi connectivity index (χ4n) is 9.74. The van der Waals surface area contributed by atoms with Crippen LogP contribution in [0.1, 0.15) is 130 Å². The van der Waals surface area contributed by atoms with Crippen molar-refractivity contribution < 1.29 is 63.3 Å². The second-order valence-corrected chi connectivity index (χ2v) is 21.3. The Morgan fingerprint density at radius 1 is 0.741 bits per heavy atom. The zero-order chi connectivity index (χ0) is 60.3. The van der Waals surface area contributed by atoms with Crippen LogP contribution in [0, 0.1) is 11.8 Å². The number of imidazole rings is 1. The van der Waals surface area contributed by atoms with E-state index in [9.17, 15) is 63.3 Å². The maximum Gasteiger partial charge on any atom is 0.323 e. The van der Waals surface area contributed by atoms with Crippen molar-refractivity contribution in [1.82, 2.24) is 57.0 Å². The van der Waals surface area contributed by atoms with Gasteiger partial charge in [-0.2, -0.15) is 0 Å². The van der Waals surface area contributed by atoms with Crippen LogP contribution >= 0.6 is 0 Å². The number of hydrogen-bond donors (Lipinski definition) is 15. The number of amides is 9. The number of nitrogens with two attached hydrogens (primary N) is 4. The highest BCUT2D eigenvalue weighted by atomic mass is 16.4. The minimum absolute atomic E-state index is 0.0254. The van der Waals surface area contributed by atoms with E-state index in [0.717, 1.165) is 63.2 Å². The summed E-state index contributed by atoms with van der Waals surface area (Å²) in [6.45, 7) is 5.37. The zero-order valence-corrected chi connectivity index (χ0v) is 47.5. The molecule has 0 spiro atoms. The first kappa shape index (κ1) is 68.3. The van der Waals surface area contributed by atoms with Crippen LogP contribution in [0.4, 0.5) is 0 Å². The molecule has 1 heterocycles. The highest BCUT2D eigenvalue weighted by Crippen LogP contribution is 2.28. The van der Waals surface area contributed by atoms with Gasteiger partial charge in [0, 0.05) is 44.0 Å². The van der Waals surface area contributed by atoms with Gasteiger partial charge in [0.15, 0.2) is 5.96 Å². The Bertz CT molecular complexity index is 2250. The highest BCUT2D eigenvalue weighted by Gasteiger charge is 2.38. The quantitative estimate of drug-likeness (QED) is 0.0179. The molecule has 0 aliphatic heterocycles. The maximum atomic E-state index is 14.3. The van der Waals surface area contributed by atoms with Crippen LogP contribution in [-0.4, -0.2) is 200 Å². The van der Waals surface area contributed by atoms with E-state index in [1.54, 1.807) is 6.92 Å². The molecule has 1 aromatic rings. The molecule has 2 fully saturated rings. The first-order valence-corrected chi connectivity index (χ1v) is 28.1. The van der Waals surface area contributed by atoms with Crippen LogP contribution in [0.3, 0.4) is 0 Å². The Kier molecular flexibility index (Phi) is 29.5. The van der Waals surface area contributed by atoms with Crippen LogP contribution in [-0.2, 0) is 54.4 Å². The van der Waals surface area contributed by atoms with Gasteiger partial charge in [0.1, 0.15) is 42.8 Å². The average molecular weight is 1150 g/mol. The molecule has 1 aromatic heterocycles. The molecule has 2 aliphatic carbocycles. The second kappa shape index (κ2) is 35.0. The second-order valence-electron chi connectivity index (χ2n) is 21.3. The summed E-state index contributed by atoms with van der Waals surface area (Å²) in [5.41, 5.74) is 22.9. The van der Waals surface area contributed by atoms with Gasteiger partial charge in [0.25, 0.3) is 0 Å². The summed E-state index contributed by atoms with van der Waals surface area (Å²) in [5.74, 6) is -9.11. The highest BCUT2D eigenvalue weighted by molar-refractivity contribution is 5.98. The molecule has 19 N–H and O–H groups in total. The third-order valence-electron chi connectivity index (χ3n) is 14.6. The third-order valence-corrected chi connectivity index (χ3v) is 14.6. The number of H-pyrrole nitrogens is 1. The molecule has 0 aromatic carbocycles. The minimum atomic E-state index is -1.81. The molecule has 1 unspecified atom stereocenters. The van der Waals surface area contributed by atoms with Crippen molar-refractivity contribution in [2.24, 2.45) is 39.8 Å². The molecular formula is C52H90N16O13. The van der Waals surface area contributed by atoms with Gasteiger partial charge in [-0.3, -0.25) is 52.9 Å². The summed E-state index contributed by atoms with van der Waals surface area (Å²) < 4.78 is 0. The van der Waals surface area contributed by atoms with Crippen molar-refractivity contribution in [2.75, 3.05) is 39.3 Å². The first-order valence-electron chi connectivity index (χ1n) is 28.1. The summed E-state index contributed by atoms with van der Waals surface area (Å²) in [6, 6.07) is -9.82. The summed E-state index contributed by atoms with van der Waals surface area (Å²) in [5, 5.41) is 49.0. The van der Waals surface area contributed by atoms with Crippen LogP contribution in [0.5, 0.6) is 0 Å². The van der Waals surface area contributed by atoms with Crippen LogP contribution < -0.4 is 60.2 Å². The van der Waals surface area contributed by atoms with Gasteiger partial charge in [-0.25, -0.2) is 4.98 Å². The molecule has 2 aliphatic rings. The van der Waals surface area contributed by atoms with Crippen molar-refractivity contribution in [3.05, 3.63) is 18.2 Å². The number of nitrogens with zero attached hydrogens (tertiary/aromatic N) is 4. The van der Waals surface area contributed by atoms with Crippen molar-refractivity contribution >= 4 is 65.1 Å². The number of carbonyl (C=O) groups excluding carboxylic acids is 9. The number of nitrogens with one attached hydrogen (secondary N) is 8. The number of aromatic nitrogens is 2. The number of carboxylic acid groups (broad SMARTS) is 1. The monoisotopic (exact) mass is 1150 g/mol. The molecule has 9 amide bonds. The van der Waals surface area contributed by atoms with Gasteiger partial charge in [-0.1, -0.05) is 71.6 Å². The van der Waals surface area contributed by atoms with Crippen molar-refractivity contribution in [3.63, 3.8) is 0 Å². The number of aliphatic carboxylic acids is 1. The first-order chi connectivity index (χ1) is 38.4. The van der Waals surface area contributed by atoms with Gasteiger partial charge < -0.3 is 90.3 Å². The lowest BCUT2D eigenvalue weighted by atomic mass is 9.84. The van der Waals surface area contributed by atoms with Crippen LogP contribution in [0.25, 0.3) is 0 Å². The molecular weight excluding hydrogens is 1060 g/mol. The number of rotatable bonds is 34. The Labute approximate surface area is 472 Å². The Hall–Kier alpha value is -6.98. The topological polar surface area (TPSA) is 467 Å². The smallest absolute Gasteiger partial charge is 0.323 e. The lowest BCUT2D eigenvalue weighted by molar-refractivity contribution is -0.149. The van der Waals surface area contributed by atoms with E-state index < -0.39 is 139 Å². The number of guanidine groups is 1. The van der Waals surface area contributed by atoms with E-state index in [4.69, 9.17) is 22.9 Å². The number of aliphatic hydroxyl groups excluding tert-OH is 2. The van der Waals surface area contributed by atoms with E-state index in [2.05, 4.69) is 52.2 Å². The normalized spacial score (nSPS) is 17.5. The predicted octanol–water partition coefficient (Wildman–Crippen LogP) is -3.81. The lowest BCUT2D eigenvalue weighted by Gasteiger charge is -2.37. The number of aliphatic hydroxyl groups is 2. The fourth-order valence-corrected chi connectivity index (χ4v) is 9.74. The Balaban J connectivity index is 1.74. The SMILES string of the molecule is CCC(C)[C@H](NC(=O)CN(CCN)C(=O)CNC(=O)[C@@H](NC(=O)[C@@H](NC(=O)[C@H](Cc1cnc[nH]1)NC(=O)[C@H](CC1CCCCC1)NC(=O)[C@H](C)NC(=O)[C@@H](N)CCCN=C(N)N)[C@@H](C)O)[C@@H](C)O)C(=O)N(CC(=O)O)C1CCCCC1. The van der Waals surface area contributed by atoms with Crippen molar-refractivity contribution in [2.45, 2.75) is 191 Å². The van der Waals surface area contributed by atoms with E-state index >= 15 is 0 Å². The molecule has 29 heteroatoms. The lowest BCUT2D eigenvalue weighted by Crippen LogP contribution is -2.62. The maximum absolute atomic E-state index is 14.3. The molecule has 0 radical (unpaired) electrons. The van der Waals surface area contributed by atoms with E-state index in [1.165, 1.54) is 31.3 Å². The molecule has 81 heavy (non-hydrogen) atoms. The number of aromatic amines is 1. The standard InChI is InChI=1S/C52H90N16O13/c1-6-29(2)42(51(81)68(27-41(73)74)35-16-11-8-12-17-35)64-39(71)26-67(21-19-53)40(72)25-59-49(79)43(31(4)69)66-50(80)44(32(5)70)65-48(78)38(23-34-24-57-28-60-34)63-47(77)37(22-33-14-9-7-10-15-33)62-45(75)30(3)61-46(76)36(54)18-13-20-58-52(55)56/h24,28-33,35-38,42-44,69-70H,6-23,25-27,53-54H2,1-5H3,(H,57,60)(H,59,79)(H,61,76)(H,62,75)(H,63,77)(H,64,71)(H,65,78)(H,66,80)(H,73,74)(H4,55,56,58)/t29?,30-,31+,32+,36-,37-,38-,42-,43-,44-/m0/s1. The van der Waals surface area contributed by atoms with Crippen LogP contribution in [0.15, 0.2) is 17.5 Å². The number of aliphatic imine (C=N–C) groups is 1. The van der Waals surface area contributed by atoms with Gasteiger partial charge in [0.05, 0.1) is 37.7 Å². The van der Waals surface area contributed by atoms with Gasteiger partial charge in [0.2, 0.25) is 53.2 Å². The molecule has 10 atom stereocenters. The summed E-state index contributed by atoms with van der Waals surface area (Å²) in [7, 11) is 0. The summed E-state index contributed by atoms with van der Waals surface area (Å²) in [4.78, 5) is 148. The predicted molar refractivity (Wildman–Crippen MR) is 296 cm³/mol. The van der Waals surface area contributed by atoms with Gasteiger partial charge >= 0.3 is 5.97 Å². The molecule has 2 saturated carbocycles. The third kappa shape index (κ3) is 23.6. The Morgan fingerprint density at radius 2 is 1.33 bits per heavy atom. The largest absolute Gasteiger partial charge is 0.480 e.